The SMILES string of the molecule is CCc1ccc([C@H](NC(=O)CSc2nnc(-c3ccncc3)n2CC)C(C)C)cc1. The highest BCUT2D eigenvalue weighted by Crippen LogP contribution is 2.25. The van der Waals surface area contributed by atoms with Crippen molar-refractivity contribution in [2.24, 2.45) is 5.92 Å². The Hall–Kier alpha value is -2.67. The number of thioether (sulfide) groups is 1. The third-order valence-corrected chi connectivity index (χ3v) is 6.00. The molecule has 0 bridgehead atoms. The van der Waals surface area contributed by atoms with Crippen LogP contribution >= 0.6 is 11.8 Å². The summed E-state index contributed by atoms with van der Waals surface area (Å²) in [6.45, 7) is 9.17. The second kappa shape index (κ2) is 10.4. The first-order valence-electron chi connectivity index (χ1n) is 10.4. The van der Waals surface area contributed by atoms with E-state index in [1.165, 1.54) is 17.3 Å². The zero-order valence-corrected chi connectivity index (χ0v) is 18.8. The van der Waals surface area contributed by atoms with E-state index in [0.717, 1.165) is 35.1 Å². The zero-order chi connectivity index (χ0) is 21.5. The van der Waals surface area contributed by atoms with E-state index in [1.54, 1.807) is 12.4 Å². The van der Waals surface area contributed by atoms with Gasteiger partial charge in [-0.15, -0.1) is 10.2 Å². The fraction of sp³-hybridized carbons (Fsp3) is 0.391. The molecule has 0 radical (unpaired) electrons. The van der Waals surface area contributed by atoms with Crippen LogP contribution in [0.25, 0.3) is 11.4 Å². The molecule has 0 aliphatic rings. The average Bonchev–Trinajstić information content (AvgIpc) is 3.19. The van der Waals surface area contributed by atoms with Crippen molar-refractivity contribution < 1.29 is 4.79 Å². The molecule has 158 valence electrons. The molecule has 1 atom stereocenters. The Bertz CT molecular complexity index is 953. The molecule has 1 aromatic carbocycles. The molecule has 0 spiro atoms. The van der Waals surface area contributed by atoms with Gasteiger partial charge in [0.05, 0.1) is 11.8 Å². The molecule has 3 rings (SSSR count). The molecule has 0 fully saturated rings. The Morgan fingerprint density at radius 2 is 1.77 bits per heavy atom. The Kier molecular flexibility index (Phi) is 7.63. The lowest BCUT2D eigenvalue weighted by Gasteiger charge is -2.23. The van der Waals surface area contributed by atoms with Gasteiger partial charge >= 0.3 is 0 Å². The molecular weight excluding hydrogens is 394 g/mol. The highest BCUT2D eigenvalue weighted by molar-refractivity contribution is 7.99. The van der Waals surface area contributed by atoms with Crippen LogP contribution in [0.5, 0.6) is 0 Å². The van der Waals surface area contributed by atoms with E-state index >= 15 is 0 Å². The van der Waals surface area contributed by atoms with Crippen LogP contribution in [-0.2, 0) is 17.8 Å². The van der Waals surface area contributed by atoms with Gasteiger partial charge < -0.3 is 9.88 Å². The first-order chi connectivity index (χ1) is 14.5. The van der Waals surface area contributed by atoms with Crippen LogP contribution in [0, 0.1) is 5.92 Å². The van der Waals surface area contributed by atoms with Gasteiger partial charge in [0.2, 0.25) is 5.91 Å². The summed E-state index contributed by atoms with van der Waals surface area (Å²) in [6.07, 6.45) is 4.49. The van der Waals surface area contributed by atoms with E-state index in [9.17, 15) is 4.79 Å². The van der Waals surface area contributed by atoms with Crippen LogP contribution in [-0.4, -0.2) is 31.4 Å². The highest BCUT2D eigenvalue weighted by Gasteiger charge is 2.20. The average molecular weight is 424 g/mol. The van der Waals surface area contributed by atoms with Crippen molar-refractivity contribution in [1.29, 1.82) is 0 Å². The van der Waals surface area contributed by atoms with E-state index < -0.39 is 0 Å². The molecule has 6 nitrogen and oxygen atoms in total. The Morgan fingerprint density at radius 1 is 1.07 bits per heavy atom. The summed E-state index contributed by atoms with van der Waals surface area (Å²) >= 11 is 1.41. The molecule has 1 amide bonds. The number of benzene rings is 1. The minimum absolute atomic E-state index is 0.00520. The van der Waals surface area contributed by atoms with Crippen LogP contribution in [0.15, 0.2) is 53.9 Å². The predicted octanol–water partition coefficient (Wildman–Crippen LogP) is 4.53. The quantitative estimate of drug-likeness (QED) is 0.512. The Balaban J connectivity index is 1.66. The molecule has 2 aromatic heterocycles. The van der Waals surface area contributed by atoms with E-state index in [1.807, 2.05) is 23.6 Å². The Morgan fingerprint density at radius 3 is 2.37 bits per heavy atom. The molecule has 30 heavy (non-hydrogen) atoms. The third kappa shape index (κ3) is 5.27. The largest absolute Gasteiger partial charge is 0.348 e. The van der Waals surface area contributed by atoms with Gasteiger partial charge in [0.15, 0.2) is 11.0 Å². The summed E-state index contributed by atoms with van der Waals surface area (Å²) < 4.78 is 2.02. The van der Waals surface area contributed by atoms with Crippen LogP contribution in [0.4, 0.5) is 0 Å². The number of hydrogen-bond acceptors (Lipinski definition) is 5. The van der Waals surface area contributed by atoms with Gasteiger partial charge in [0, 0.05) is 24.5 Å². The second-order valence-corrected chi connectivity index (χ2v) is 8.40. The van der Waals surface area contributed by atoms with E-state index in [-0.39, 0.29) is 11.9 Å². The van der Waals surface area contributed by atoms with E-state index in [2.05, 4.69) is 65.5 Å². The minimum atomic E-state index is -0.0135. The fourth-order valence-electron chi connectivity index (χ4n) is 3.34. The molecule has 7 heteroatoms. The van der Waals surface area contributed by atoms with Crippen LogP contribution in [0.1, 0.15) is 44.9 Å². The lowest BCUT2D eigenvalue weighted by atomic mass is 9.95. The first-order valence-corrected chi connectivity index (χ1v) is 11.4. The minimum Gasteiger partial charge on any atom is -0.348 e. The maximum Gasteiger partial charge on any atom is 0.230 e. The molecule has 0 aliphatic carbocycles. The van der Waals surface area contributed by atoms with Gasteiger partial charge in [-0.25, -0.2) is 0 Å². The summed E-state index contributed by atoms with van der Waals surface area (Å²) in [7, 11) is 0. The van der Waals surface area contributed by atoms with Crippen molar-refractivity contribution in [3.05, 3.63) is 59.9 Å². The van der Waals surface area contributed by atoms with Crippen molar-refractivity contribution in [2.45, 2.75) is 51.9 Å². The number of aromatic nitrogens is 4. The van der Waals surface area contributed by atoms with Gasteiger partial charge in [-0.2, -0.15) is 0 Å². The molecule has 0 unspecified atom stereocenters. The normalized spacial score (nSPS) is 12.2. The van der Waals surface area contributed by atoms with Crippen LogP contribution < -0.4 is 5.32 Å². The van der Waals surface area contributed by atoms with Gasteiger partial charge in [-0.3, -0.25) is 9.78 Å². The summed E-state index contributed by atoms with van der Waals surface area (Å²) in [5, 5.41) is 12.6. The standard InChI is InChI=1S/C23H29N5OS/c1-5-17-7-9-18(10-8-17)21(16(3)4)25-20(29)15-30-23-27-26-22(28(23)6-2)19-11-13-24-14-12-19/h7-14,16,21H,5-6,15H2,1-4H3,(H,25,29)/t21-/m1/s1. The molecule has 3 aromatic rings. The van der Waals surface area contributed by atoms with Gasteiger partial charge in [-0.05, 0) is 42.5 Å². The lowest BCUT2D eigenvalue weighted by Crippen LogP contribution is -2.33. The molecule has 0 aliphatic heterocycles. The summed E-state index contributed by atoms with van der Waals surface area (Å²) in [5.74, 6) is 1.38. The van der Waals surface area contributed by atoms with Gasteiger partial charge in [0.25, 0.3) is 0 Å². The summed E-state index contributed by atoms with van der Waals surface area (Å²) in [5.41, 5.74) is 3.40. The number of nitrogens with zero attached hydrogens (tertiary/aromatic N) is 4. The zero-order valence-electron chi connectivity index (χ0n) is 18.0. The molecule has 1 N–H and O–H groups in total. The molecule has 0 saturated heterocycles. The van der Waals surface area contributed by atoms with Gasteiger partial charge in [-0.1, -0.05) is 56.8 Å². The van der Waals surface area contributed by atoms with Crippen molar-refractivity contribution in [3.63, 3.8) is 0 Å². The Labute approximate surface area is 182 Å². The van der Waals surface area contributed by atoms with Crippen molar-refractivity contribution in [1.82, 2.24) is 25.1 Å². The van der Waals surface area contributed by atoms with Crippen molar-refractivity contribution in [3.8, 4) is 11.4 Å². The number of nitrogens with one attached hydrogen (secondary N) is 1. The maximum absolute atomic E-state index is 12.7. The van der Waals surface area contributed by atoms with E-state index in [0.29, 0.717) is 11.7 Å². The monoisotopic (exact) mass is 423 g/mol. The number of pyridine rings is 1. The lowest BCUT2D eigenvalue weighted by molar-refractivity contribution is -0.119. The number of hydrogen-bond donors (Lipinski definition) is 1. The molecular formula is C23H29N5OS. The topological polar surface area (TPSA) is 72.7 Å². The number of carbonyl (C=O) groups is 1. The van der Waals surface area contributed by atoms with Gasteiger partial charge in [0.1, 0.15) is 0 Å². The summed E-state index contributed by atoms with van der Waals surface area (Å²) in [4.78, 5) is 16.8. The predicted molar refractivity (Wildman–Crippen MR) is 121 cm³/mol. The fourth-order valence-corrected chi connectivity index (χ4v) is 4.15. The van der Waals surface area contributed by atoms with E-state index in [4.69, 9.17) is 0 Å². The van der Waals surface area contributed by atoms with Crippen LogP contribution in [0.2, 0.25) is 0 Å². The second-order valence-electron chi connectivity index (χ2n) is 7.46. The number of rotatable bonds is 9. The number of amides is 1. The highest BCUT2D eigenvalue weighted by atomic mass is 32.2. The molecule has 2 heterocycles. The maximum atomic E-state index is 12.7. The first kappa shape index (κ1) is 22.0. The molecule has 0 saturated carbocycles. The van der Waals surface area contributed by atoms with Crippen molar-refractivity contribution in [2.75, 3.05) is 5.75 Å². The van der Waals surface area contributed by atoms with Crippen molar-refractivity contribution >= 4 is 17.7 Å². The number of aryl methyl sites for hydroxylation is 1. The smallest absolute Gasteiger partial charge is 0.230 e. The number of carbonyl (C=O) groups excluding carboxylic acids is 1. The third-order valence-electron chi connectivity index (χ3n) is 5.03. The summed E-state index contributed by atoms with van der Waals surface area (Å²) in [6, 6.07) is 12.3. The van der Waals surface area contributed by atoms with Crippen LogP contribution in [0.3, 0.4) is 0 Å².